The van der Waals surface area contributed by atoms with Crippen molar-refractivity contribution in [3.63, 3.8) is 0 Å². The molecule has 1 saturated heterocycles. The molecule has 1 aromatic carbocycles. The average molecular weight is 484 g/mol. The number of rotatable bonds is 8. The normalized spacial score (nSPS) is 14.5. The number of benzene rings is 1. The highest BCUT2D eigenvalue weighted by Gasteiger charge is 2.23. The molecule has 0 spiro atoms. The first-order valence-electron chi connectivity index (χ1n) is 11.9. The van der Waals surface area contributed by atoms with Crippen molar-refractivity contribution in [1.29, 1.82) is 0 Å². The molecule has 8 nitrogen and oxygen atoms in total. The zero-order valence-electron chi connectivity index (χ0n) is 20.4. The highest BCUT2D eigenvalue weighted by Crippen LogP contribution is 2.29. The topological polar surface area (TPSA) is 70.9 Å². The van der Waals surface area contributed by atoms with Crippen LogP contribution in [-0.4, -0.2) is 78.2 Å². The van der Waals surface area contributed by atoms with Gasteiger partial charge in [0.25, 0.3) is 11.5 Å². The number of amides is 1. The van der Waals surface area contributed by atoms with Gasteiger partial charge in [-0.25, -0.2) is 4.98 Å². The standard InChI is InChI=1S/C25H33N5O3S/c1-5-28(6-2)25(32)22-18(3)21-23(34-22)26-17-30(24(21)31)16-13-27-11-14-29(15-12-27)19-9-7-8-10-20(19)33-4/h7-10,17H,5-6,11-16H2,1-4H3. The van der Waals surface area contributed by atoms with Gasteiger partial charge < -0.3 is 14.5 Å². The first-order valence-corrected chi connectivity index (χ1v) is 12.7. The van der Waals surface area contributed by atoms with Crippen LogP contribution in [0.3, 0.4) is 0 Å². The summed E-state index contributed by atoms with van der Waals surface area (Å²) in [7, 11) is 1.70. The van der Waals surface area contributed by atoms with E-state index in [4.69, 9.17) is 4.74 Å². The van der Waals surface area contributed by atoms with Crippen molar-refractivity contribution in [2.24, 2.45) is 0 Å². The van der Waals surface area contributed by atoms with Gasteiger partial charge in [-0.15, -0.1) is 11.3 Å². The Balaban J connectivity index is 1.43. The van der Waals surface area contributed by atoms with E-state index in [9.17, 15) is 9.59 Å². The number of fused-ring (bicyclic) bond motifs is 1. The first kappa shape index (κ1) is 24.2. The molecule has 182 valence electrons. The summed E-state index contributed by atoms with van der Waals surface area (Å²) in [5, 5.41) is 0.573. The zero-order chi connectivity index (χ0) is 24.2. The highest BCUT2D eigenvalue weighted by molar-refractivity contribution is 7.20. The summed E-state index contributed by atoms with van der Waals surface area (Å²) in [6, 6.07) is 8.11. The van der Waals surface area contributed by atoms with E-state index in [2.05, 4.69) is 20.9 Å². The first-order chi connectivity index (χ1) is 16.5. The monoisotopic (exact) mass is 483 g/mol. The Hall–Kier alpha value is -2.91. The lowest BCUT2D eigenvalue weighted by Gasteiger charge is -2.36. The molecule has 2 aromatic heterocycles. The smallest absolute Gasteiger partial charge is 0.264 e. The molecule has 0 aliphatic carbocycles. The van der Waals surface area contributed by atoms with E-state index in [0.29, 0.717) is 34.7 Å². The minimum atomic E-state index is -0.0648. The van der Waals surface area contributed by atoms with Gasteiger partial charge in [-0.2, -0.15) is 0 Å². The van der Waals surface area contributed by atoms with E-state index in [1.165, 1.54) is 11.3 Å². The Morgan fingerprint density at radius 1 is 1.12 bits per heavy atom. The number of carbonyl (C=O) groups excluding carboxylic acids is 1. The van der Waals surface area contributed by atoms with Gasteiger partial charge in [0.05, 0.1) is 29.4 Å². The number of aromatic nitrogens is 2. The molecule has 3 aromatic rings. The molecule has 1 amide bonds. The molecule has 0 atom stereocenters. The number of anilines is 1. The minimum absolute atomic E-state index is 0.0237. The molecule has 34 heavy (non-hydrogen) atoms. The van der Waals surface area contributed by atoms with Gasteiger partial charge in [0.15, 0.2) is 0 Å². The van der Waals surface area contributed by atoms with Crippen LogP contribution in [0.15, 0.2) is 35.4 Å². The summed E-state index contributed by atoms with van der Waals surface area (Å²) in [5.41, 5.74) is 1.80. The number of aryl methyl sites for hydroxylation is 1. The number of hydrogen-bond acceptors (Lipinski definition) is 7. The van der Waals surface area contributed by atoms with E-state index in [1.807, 2.05) is 39.0 Å². The van der Waals surface area contributed by atoms with Gasteiger partial charge in [-0.05, 0) is 38.5 Å². The van der Waals surface area contributed by atoms with Crippen LogP contribution in [0.2, 0.25) is 0 Å². The molecule has 4 rings (SSSR count). The second-order valence-corrected chi connectivity index (χ2v) is 9.46. The third-order valence-electron chi connectivity index (χ3n) is 6.62. The van der Waals surface area contributed by atoms with E-state index in [0.717, 1.165) is 49.7 Å². The SMILES string of the molecule is CCN(CC)C(=O)c1sc2ncn(CCN3CCN(c4ccccc4OC)CC3)c(=O)c2c1C. The fourth-order valence-electron chi connectivity index (χ4n) is 4.53. The summed E-state index contributed by atoms with van der Waals surface area (Å²) in [6.45, 7) is 12.1. The Kier molecular flexibility index (Phi) is 7.53. The van der Waals surface area contributed by atoms with Crippen LogP contribution >= 0.6 is 11.3 Å². The number of piperazine rings is 1. The second kappa shape index (κ2) is 10.6. The van der Waals surface area contributed by atoms with Crippen molar-refractivity contribution in [2.45, 2.75) is 27.3 Å². The number of para-hydroxylation sites is 2. The minimum Gasteiger partial charge on any atom is -0.495 e. The van der Waals surface area contributed by atoms with Gasteiger partial charge in [-0.1, -0.05) is 12.1 Å². The Morgan fingerprint density at radius 2 is 1.82 bits per heavy atom. The maximum atomic E-state index is 13.2. The molecule has 9 heteroatoms. The molecule has 1 aliphatic rings. The lowest BCUT2D eigenvalue weighted by atomic mass is 10.2. The second-order valence-electron chi connectivity index (χ2n) is 8.46. The molecule has 0 bridgehead atoms. The van der Waals surface area contributed by atoms with Crippen molar-refractivity contribution in [3.8, 4) is 5.75 Å². The van der Waals surface area contributed by atoms with Crippen LogP contribution in [0.4, 0.5) is 5.69 Å². The van der Waals surface area contributed by atoms with E-state index in [-0.39, 0.29) is 11.5 Å². The van der Waals surface area contributed by atoms with Crippen molar-refractivity contribution < 1.29 is 9.53 Å². The van der Waals surface area contributed by atoms with Crippen molar-refractivity contribution in [2.75, 3.05) is 57.8 Å². The van der Waals surface area contributed by atoms with Crippen LogP contribution in [0.25, 0.3) is 10.2 Å². The summed E-state index contributed by atoms with van der Waals surface area (Å²) in [5.74, 6) is 0.872. The number of methoxy groups -OCH3 is 1. The third-order valence-corrected chi connectivity index (χ3v) is 7.81. The molecular weight excluding hydrogens is 450 g/mol. The van der Waals surface area contributed by atoms with Crippen LogP contribution in [0, 0.1) is 6.92 Å². The van der Waals surface area contributed by atoms with Gasteiger partial charge in [0, 0.05) is 52.4 Å². The maximum Gasteiger partial charge on any atom is 0.264 e. The number of thiophene rings is 1. The van der Waals surface area contributed by atoms with E-state index in [1.54, 1.807) is 22.9 Å². The van der Waals surface area contributed by atoms with Crippen LogP contribution in [-0.2, 0) is 6.54 Å². The lowest BCUT2D eigenvalue weighted by Crippen LogP contribution is -2.47. The summed E-state index contributed by atoms with van der Waals surface area (Å²) >= 11 is 1.32. The van der Waals surface area contributed by atoms with Gasteiger partial charge in [-0.3, -0.25) is 19.1 Å². The highest BCUT2D eigenvalue weighted by atomic mass is 32.1. The number of carbonyl (C=O) groups is 1. The maximum absolute atomic E-state index is 13.2. The van der Waals surface area contributed by atoms with Crippen molar-refractivity contribution >= 4 is 33.1 Å². The lowest BCUT2D eigenvalue weighted by molar-refractivity contribution is 0.0777. The van der Waals surface area contributed by atoms with Crippen LogP contribution < -0.4 is 15.2 Å². The Morgan fingerprint density at radius 3 is 2.50 bits per heavy atom. The Labute approximate surface area is 204 Å². The third kappa shape index (κ3) is 4.67. The molecule has 0 unspecified atom stereocenters. The van der Waals surface area contributed by atoms with Gasteiger partial charge in [0.2, 0.25) is 0 Å². The number of ether oxygens (including phenoxy) is 1. The predicted octanol–water partition coefficient (Wildman–Crippen LogP) is 3.08. The summed E-state index contributed by atoms with van der Waals surface area (Å²) < 4.78 is 7.19. The van der Waals surface area contributed by atoms with Gasteiger partial charge in [0.1, 0.15) is 10.6 Å². The average Bonchev–Trinajstić information content (AvgIpc) is 3.21. The quantitative estimate of drug-likeness (QED) is 0.490. The molecule has 0 saturated carbocycles. The molecule has 1 fully saturated rings. The molecule has 3 heterocycles. The number of nitrogens with zero attached hydrogens (tertiary/aromatic N) is 5. The van der Waals surface area contributed by atoms with E-state index < -0.39 is 0 Å². The van der Waals surface area contributed by atoms with Gasteiger partial charge >= 0.3 is 0 Å². The predicted molar refractivity (Wildman–Crippen MR) is 138 cm³/mol. The molecule has 0 N–H and O–H groups in total. The number of hydrogen-bond donors (Lipinski definition) is 0. The largest absolute Gasteiger partial charge is 0.495 e. The fraction of sp³-hybridized carbons (Fsp3) is 0.480. The fourth-order valence-corrected chi connectivity index (χ4v) is 5.64. The summed E-state index contributed by atoms with van der Waals surface area (Å²) in [4.78, 5) is 38.4. The molecular formula is C25H33N5O3S. The summed E-state index contributed by atoms with van der Waals surface area (Å²) in [6.07, 6.45) is 1.62. The van der Waals surface area contributed by atoms with Crippen molar-refractivity contribution in [1.82, 2.24) is 19.4 Å². The van der Waals surface area contributed by atoms with Crippen molar-refractivity contribution in [3.05, 3.63) is 51.4 Å². The van der Waals surface area contributed by atoms with Crippen LogP contribution in [0.1, 0.15) is 29.1 Å². The zero-order valence-corrected chi connectivity index (χ0v) is 21.2. The molecule has 0 radical (unpaired) electrons. The van der Waals surface area contributed by atoms with E-state index >= 15 is 0 Å². The van der Waals surface area contributed by atoms with Crippen LogP contribution in [0.5, 0.6) is 5.75 Å². The Bertz CT molecular complexity index is 1210. The molecule has 1 aliphatic heterocycles.